The average molecular weight is 281 g/mol. The van der Waals surface area contributed by atoms with Crippen molar-refractivity contribution in [1.82, 2.24) is 4.90 Å². The number of nitrogens with zero attached hydrogens (tertiary/aromatic N) is 1. The molecule has 1 N–H and O–H groups in total. The lowest BCUT2D eigenvalue weighted by Crippen LogP contribution is -2.67. The molecule has 1 aliphatic rings. The van der Waals surface area contributed by atoms with E-state index in [-0.39, 0.29) is 17.6 Å². The SMILES string of the molecule is CC(Oc1ccc(F)cc1)C(=O)N1CC(O)(C(C)C)C1. The maximum atomic E-state index is 12.8. The molecule has 1 fully saturated rings. The van der Waals surface area contributed by atoms with E-state index in [1.165, 1.54) is 24.3 Å². The van der Waals surface area contributed by atoms with Crippen LogP contribution >= 0.6 is 0 Å². The summed E-state index contributed by atoms with van der Waals surface area (Å²) in [5, 5.41) is 10.1. The Bertz CT molecular complexity index is 480. The van der Waals surface area contributed by atoms with Crippen LogP contribution in [0.25, 0.3) is 0 Å². The molecule has 0 bridgehead atoms. The first-order valence-electron chi connectivity index (χ1n) is 6.75. The van der Waals surface area contributed by atoms with Gasteiger partial charge in [-0.3, -0.25) is 4.79 Å². The first kappa shape index (κ1) is 14.8. The van der Waals surface area contributed by atoms with Gasteiger partial charge in [0.1, 0.15) is 17.2 Å². The quantitative estimate of drug-likeness (QED) is 0.916. The summed E-state index contributed by atoms with van der Waals surface area (Å²) < 4.78 is 18.3. The van der Waals surface area contributed by atoms with Crippen LogP contribution in [0.3, 0.4) is 0 Å². The second-order valence-corrected chi connectivity index (χ2v) is 5.67. The van der Waals surface area contributed by atoms with E-state index in [0.717, 1.165) is 0 Å². The van der Waals surface area contributed by atoms with Crippen molar-refractivity contribution in [2.75, 3.05) is 13.1 Å². The molecule has 0 aliphatic carbocycles. The minimum Gasteiger partial charge on any atom is -0.481 e. The first-order valence-corrected chi connectivity index (χ1v) is 6.75. The van der Waals surface area contributed by atoms with Gasteiger partial charge in [-0.05, 0) is 37.1 Å². The Kier molecular flexibility index (Phi) is 3.99. The van der Waals surface area contributed by atoms with Gasteiger partial charge in [-0.1, -0.05) is 13.8 Å². The van der Waals surface area contributed by atoms with Crippen LogP contribution in [-0.2, 0) is 4.79 Å². The predicted molar refractivity (Wildman–Crippen MR) is 72.9 cm³/mol. The van der Waals surface area contributed by atoms with Crippen LogP contribution in [0, 0.1) is 11.7 Å². The van der Waals surface area contributed by atoms with E-state index in [1.54, 1.807) is 11.8 Å². The fourth-order valence-corrected chi connectivity index (χ4v) is 2.16. The number of rotatable bonds is 4. The molecule has 1 saturated heterocycles. The van der Waals surface area contributed by atoms with Gasteiger partial charge in [0.2, 0.25) is 0 Å². The fraction of sp³-hybridized carbons (Fsp3) is 0.533. The van der Waals surface area contributed by atoms with E-state index in [1.807, 2.05) is 13.8 Å². The number of halogens is 1. The Hall–Kier alpha value is -1.62. The van der Waals surface area contributed by atoms with Gasteiger partial charge in [-0.25, -0.2) is 4.39 Å². The maximum Gasteiger partial charge on any atom is 0.263 e. The minimum atomic E-state index is -0.786. The number of carbonyl (C=O) groups is 1. The minimum absolute atomic E-state index is 0.111. The van der Waals surface area contributed by atoms with Crippen molar-refractivity contribution in [3.63, 3.8) is 0 Å². The highest BCUT2D eigenvalue weighted by molar-refractivity contribution is 5.82. The van der Waals surface area contributed by atoms with E-state index in [4.69, 9.17) is 4.74 Å². The van der Waals surface area contributed by atoms with Crippen LogP contribution in [0.5, 0.6) is 5.75 Å². The van der Waals surface area contributed by atoms with Crippen LogP contribution in [0.15, 0.2) is 24.3 Å². The standard InChI is InChI=1S/C15H20FNO3/c1-10(2)15(19)8-17(9-15)14(18)11(3)20-13-6-4-12(16)5-7-13/h4-7,10-11,19H,8-9H2,1-3H3. The van der Waals surface area contributed by atoms with Gasteiger partial charge in [0, 0.05) is 0 Å². The predicted octanol–water partition coefficient (Wildman–Crippen LogP) is 1.82. The lowest BCUT2D eigenvalue weighted by Gasteiger charge is -2.49. The molecule has 1 atom stereocenters. The molecule has 1 aliphatic heterocycles. The van der Waals surface area contributed by atoms with Gasteiger partial charge in [-0.2, -0.15) is 0 Å². The lowest BCUT2D eigenvalue weighted by atomic mass is 9.83. The molecule has 20 heavy (non-hydrogen) atoms. The zero-order valence-corrected chi connectivity index (χ0v) is 12.0. The van der Waals surface area contributed by atoms with Crippen LogP contribution in [-0.4, -0.2) is 40.7 Å². The molecule has 1 aromatic carbocycles. The Morgan fingerprint density at radius 3 is 2.35 bits per heavy atom. The molecule has 0 spiro atoms. The second-order valence-electron chi connectivity index (χ2n) is 5.67. The summed E-state index contributed by atoms with van der Waals surface area (Å²) in [4.78, 5) is 13.7. The van der Waals surface area contributed by atoms with Crippen LogP contribution in [0.4, 0.5) is 4.39 Å². The van der Waals surface area contributed by atoms with Crippen molar-refractivity contribution in [2.45, 2.75) is 32.5 Å². The largest absolute Gasteiger partial charge is 0.481 e. The fourth-order valence-electron chi connectivity index (χ4n) is 2.16. The van der Waals surface area contributed by atoms with Gasteiger partial charge in [-0.15, -0.1) is 0 Å². The highest BCUT2D eigenvalue weighted by Crippen LogP contribution is 2.29. The van der Waals surface area contributed by atoms with E-state index in [9.17, 15) is 14.3 Å². The first-order chi connectivity index (χ1) is 9.32. The Morgan fingerprint density at radius 2 is 1.85 bits per heavy atom. The molecule has 110 valence electrons. The van der Waals surface area contributed by atoms with E-state index < -0.39 is 11.7 Å². The summed E-state index contributed by atoms with van der Waals surface area (Å²) in [7, 11) is 0. The van der Waals surface area contributed by atoms with Gasteiger partial charge in [0.25, 0.3) is 5.91 Å². The Balaban J connectivity index is 1.89. The highest BCUT2D eigenvalue weighted by atomic mass is 19.1. The van der Waals surface area contributed by atoms with Crippen molar-refractivity contribution in [3.05, 3.63) is 30.1 Å². The number of β-amino-alcohol motifs (C(OH)–C–C–N with tert-alkyl or cyclic N) is 1. The van der Waals surface area contributed by atoms with Crippen LogP contribution < -0.4 is 4.74 Å². The number of benzene rings is 1. The zero-order valence-electron chi connectivity index (χ0n) is 12.0. The van der Waals surface area contributed by atoms with Gasteiger partial charge >= 0.3 is 0 Å². The number of aliphatic hydroxyl groups is 1. The molecule has 0 saturated carbocycles. The summed E-state index contributed by atoms with van der Waals surface area (Å²) in [6, 6.07) is 5.54. The molecule has 0 aromatic heterocycles. The molecule has 1 heterocycles. The monoisotopic (exact) mass is 281 g/mol. The van der Waals surface area contributed by atoms with Gasteiger partial charge in [0.05, 0.1) is 13.1 Å². The average Bonchev–Trinajstić information content (AvgIpc) is 2.36. The molecule has 4 nitrogen and oxygen atoms in total. The van der Waals surface area contributed by atoms with Crippen molar-refractivity contribution >= 4 is 5.91 Å². The van der Waals surface area contributed by atoms with Crippen LogP contribution in [0.2, 0.25) is 0 Å². The van der Waals surface area contributed by atoms with Crippen molar-refractivity contribution in [1.29, 1.82) is 0 Å². The molecule has 1 amide bonds. The molecule has 1 aromatic rings. The molecule has 1 unspecified atom stereocenters. The number of likely N-dealkylation sites (tertiary alicyclic amines) is 1. The molecular weight excluding hydrogens is 261 g/mol. The van der Waals surface area contributed by atoms with E-state index in [0.29, 0.717) is 18.8 Å². The van der Waals surface area contributed by atoms with Crippen molar-refractivity contribution in [3.8, 4) is 5.75 Å². The van der Waals surface area contributed by atoms with Crippen molar-refractivity contribution in [2.24, 2.45) is 5.92 Å². The summed E-state index contributed by atoms with van der Waals surface area (Å²) in [5.41, 5.74) is -0.786. The summed E-state index contributed by atoms with van der Waals surface area (Å²) in [6.45, 7) is 6.18. The normalized spacial score (nSPS) is 18.6. The van der Waals surface area contributed by atoms with Gasteiger partial charge < -0.3 is 14.7 Å². The molecule has 0 radical (unpaired) electrons. The van der Waals surface area contributed by atoms with Crippen molar-refractivity contribution < 1.29 is 19.0 Å². The maximum absolute atomic E-state index is 12.8. The summed E-state index contributed by atoms with van der Waals surface area (Å²) >= 11 is 0. The number of carbonyl (C=O) groups excluding carboxylic acids is 1. The Morgan fingerprint density at radius 1 is 1.30 bits per heavy atom. The smallest absolute Gasteiger partial charge is 0.263 e. The second kappa shape index (κ2) is 5.40. The summed E-state index contributed by atoms with van der Waals surface area (Å²) in [6.07, 6.45) is -0.655. The third-order valence-electron chi connectivity index (χ3n) is 3.79. The van der Waals surface area contributed by atoms with E-state index >= 15 is 0 Å². The number of hydrogen-bond acceptors (Lipinski definition) is 3. The topological polar surface area (TPSA) is 49.8 Å². The molecule has 5 heteroatoms. The third kappa shape index (κ3) is 2.93. The van der Waals surface area contributed by atoms with E-state index in [2.05, 4.69) is 0 Å². The summed E-state index contributed by atoms with van der Waals surface area (Å²) in [5.74, 6) is 0.0486. The molecule has 2 rings (SSSR count). The third-order valence-corrected chi connectivity index (χ3v) is 3.79. The highest BCUT2D eigenvalue weighted by Gasteiger charge is 2.46. The lowest BCUT2D eigenvalue weighted by molar-refractivity contribution is -0.169. The number of amides is 1. The van der Waals surface area contributed by atoms with Gasteiger partial charge in [0.15, 0.2) is 6.10 Å². The Labute approximate surface area is 118 Å². The number of hydrogen-bond donors (Lipinski definition) is 1. The molecular formula is C15H20FNO3. The van der Waals surface area contributed by atoms with Crippen LogP contribution in [0.1, 0.15) is 20.8 Å². The zero-order chi connectivity index (χ0) is 14.9. The number of ether oxygens (including phenoxy) is 1.